The van der Waals surface area contributed by atoms with E-state index in [-0.39, 0.29) is 33.6 Å². The highest BCUT2D eigenvalue weighted by molar-refractivity contribution is 6.37. The summed E-state index contributed by atoms with van der Waals surface area (Å²) in [6.45, 7) is 1.87. The monoisotopic (exact) mass is 425 g/mol. The van der Waals surface area contributed by atoms with E-state index in [1.807, 2.05) is 19.1 Å². The van der Waals surface area contributed by atoms with Crippen molar-refractivity contribution in [3.05, 3.63) is 62.9 Å². The van der Waals surface area contributed by atoms with Crippen LogP contribution in [0.25, 0.3) is 11.4 Å². The Kier molecular flexibility index (Phi) is 5.60. The molecule has 9 heteroatoms. The summed E-state index contributed by atoms with van der Waals surface area (Å²) in [6, 6.07) is 9.84. The van der Waals surface area contributed by atoms with Gasteiger partial charge >= 0.3 is 11.8 Å². The van der Waals surface area contributed by atoms with E-state index in [2.05, 4.69) is 10.1 Å². The number of aromatic nitrogens is 2. The van der Waals surface area contributed by atoms with Crippen LogP contribution >= 0.6 is 34.8 Å². The predicted molar refractivity (Wildman–Crippen MR) is 103 cm³/mol. The van der Waals surface area contributed by atoms with Crippen LogP contribution in [0.15, 0.2) is 40.9 Å². The third-order valence-electron chi connectivity index (χ3n) is 4.14. The molecule has 6 nitrogen and oxygen atoms in total. The second-order valence-corrected chi connectivity index (χ2v) is 7.11. The van der Waals surface area contributed by atoms with Gasteiger partial charge in [0.15, 0.2) is 5.75 Å². The molecule has 1 heterocycles. The molecule has 1 N–H and O–H groups in total. The fourth-order valence-electron chi connectivity index (χ4n) is 2.41. The summed E-state index contributed by atoms with van der Waals surface area (Å²) < 4.78 is 5.10. The number of aromatic hydroxyl groups is 1. The lowest BCUT2D eigenvalue weighted by molar-refractivity contribution is 0.0692. The van der Waals surface area contributed by atoms with Gasteiger partial charge in [0.25, 0.3) is 0 Å². The average molecular weight is 427 g/mol. The Hall–Kier alpha value is -2.28. The van der Waals surface area contributed by atoms with Crippen LogP contribution in [0.3, 0.4) is 0 Å². The summed E-state index contributed by atoms with van der Waals surface area (Å²) in [5.74, 6) is -0.714. The third-order valence-corrected chi connectivity index (χ3v) is 4.97. The van der Waals surface area contributed by atoms with E-state index >= 15 is 0 Å². The molecule has 0 saturated carbocycles. The molecule has 1 unspecified atom stereocenters. The summed E-state index contributed by atoms with van der Waals surface area (Å²) in [4.78, 5) is 18.3. The molecule has 1 amide bonds. The molecule has 0 aliphatic carbocycles. The Morgan fingerprint density at radius 1 is 1.15 bits per heavy atom. The second kappa shape index (κ2) is 7.76. The third kappa shape index (κ3) is 4.03. The van der Waals surface area contributed by atoms with Gasteiger partial charge in [-0.3, -0.25) is 4.79 Å². The van der Waals surface area contributed by atoms with Crippen LogP contribution in [0, 0.1) is 0 Å². The summed E-state index contributed by atoms with van der Waals surface area (Å²) >= 11 is 17.7. The minimum absolute atomic E-state index is 0.0451. The molecule has 0 spiro atoms. The maximum Gasteiger partial charge on any atom is 0.316 e. The Bertz CT molecular complexity index is 966. The van der Waals surface area contributed by atoms with Gasteiger partial charge in [-0.15, -0.1) is 0 Å². The van der Waals surface area contributed by atoms with E-state index < -0.39 is 5.91 Å². The highest BCUT2D eigenvalue weighted by atomic mass is 35.5. The number of hydrogen-bond acceptors (Lipinski definition) is 5. The Morgan fingerprint density at radius 2 is 1.74 bits per heavy atom. The molecular weight excluding hydrogens is 413 g/mol. The number of nitrogens with zero attached hydrogens (tertiary/aromatic N) is 3. The SMILES string of the molecule is CC(c1ccc(Cl)cc1)N(C)C(=O)c1nc(-c2cc(Cl)c(O)c(Cl)c2)no1. The highest BCUT2D eigenvalue weighted by Crippen LogP contribution is 2.35. The van der Waals surface area contributed by atoms with Gasteiger partial charge in [-0.05, 0) is 36.8 Å². The Balaban J connectivity index is 1.83. The summed E-state index contributed by atoms with van der Waals surface area (Å²) in [5.41, 5.74) is 1.33. The number of phenolic OH excluding ortho intramolecular Hbond substituents is 1. The minimum Gasteiger partial charge on any atom is -0.505 e. The van der Waals surface area contributed by atoms with Gasteiger partial charge in [0, 0.05) is 17.6 Å². The Morgan fingerprint density at radius 3 is 2.33 bits per heavy atom. The first-order valence-corrected chi connectivity index (χ1v) is 8.96. The lowest BCUT2D eigenvalue weighted by atomic mass is 10.1. The first kappa shape index (κ1) is 19.5. The predicted octanol–water partition coefficient (Wildman–Crippen LogP) is 5.24. The van der Waals surface area contributed by atoms with E-state index in [9.17, 15) is 9.90 Å². The van der Waals surface area contributed by atoms with Crippen LogP contribution in [0.4, 0.5) is 0 Å². The molecule has 0 radical (unpaired) electrons. The number of carbonyl (C=O) groups is 1. The number of phenols is 1. The maximum atomic E-state index is 12.7. The topological polar surface area (TPSA) is 79.5 Å². The van der Waals surface area contributed by atoms with Crippen LogP contribution in [0.1, 0.15) is 29.2 Å². The molecule has 0 aliphatic rings. The molecular formula is C18H14Cl3N3O3. The van der Waals surface area contributed by atoms with Gasteiger partial charge in [0.05, 0.1) is 16.1 Å². The normalized spacial score (nSPS) is 12.0. The summed E-state index contributed by atoms with van der Waals surface area (Å²) in [5, 5.41) is 14.1. The van der Waals surface area contributed by atoms with Gasteiger partial charge in [0.1, 0.15) is 0 Å². The van der Waals surface area contributed by atoms with E-state index in [0.717, 1.165) is 5.56 Å². The van der Waals surface area contributed by atoms with Gasteiger partial charge < -0.3 is 14.5 Å². The van der Waals surface area contributed by atoms with Gasteiger partial charge in [-0.25, -0.2) is 0 Å². The van der Waals surface area contributed by atoms with Crippen LogP contribution in [-0.2, 0) is 0 Å². The van der Waals surface area contributed by atoms with Crippen molar-refractivity contribution in [3.8, 4) is 17.1 Å². The largest absolute Gasteiger partial charge is 0.505 e. The van der Waals surface area contributed by atoms with Crippen molar-refractivity contribution in [2.24, 2.45) is 0 Å². The molecule has 140 valence electrons. The van der Waals surface area contributed by atoms with E-state index in [1.54, 1.807) is 19.2 Å². The van der Waals surface area contributed by atoms with Crippen molar-refractivity contribution < 1.29 is 14.4 Å². The maximum absolute atomic E-state index is 12.7. The lowest BCUT2D eigenvalue weighted by Crippen LogP contribution is -2.29. The zero-order chi connectivity index (χ0) is 19.7. The van der Waals surface area contributed by atoms with Crippen LogP contribution in [0.2, 0.25) is 15.1 Å². The van der Waals surface area contributed by atoms with Crippen molar-refractivity contribution in [3.63, 3.8) is 0 Å². The number of hydrogen-bond donors (Lipinski definition) is 1. The average Bonchev–Trinajstić information content (AvgIpc) is 3.14. The van der Waals surface area contributed by atoms with Crippen molar-refractivity contribution >= 4 is 40.7 Å². The number of benzene rings is 2. The van der Waals surface area contributed by atoms with Crippen LogP contribution < -0.4 is 0 Å². The van der Waals surface area contributed by atoms with Crippen molar-refractivity contribution in [2.45, 2.75) is 13.0 Å². The van der Waals surface area contributed by atoms with E-state index in [4.69, 9.17) is 39.3 Å². The summed E-state index contributed by atoms with van der Waals surface area (Å²) in [6.07, 6.45) is 0. The van der Waals surface area contributed by atoms with Gasteiger partial charge in [0.2, 0.25) is 5.82 Å². The molecule has 1 aromatic heterocycles. The molecule has 1 atom stereocenters. The molecule has 2 aromatic carbocycles. The van der Waals surface area contributed by atoms with Crippen molar-refractivity contribution in [1.82, 2.24) is 15.0 Å². The van der Waals surface area contributed by atoms with E-state index in [1.165, 1.54) is 17.0 Å². The zero-order valence-electron chi connectivity index (χ0n) is 14.3. The van der Waals surface area contributed by atoms with Crippen LogP contribution in [-0.4, -0.2) is 33.1 Å². The molecule has 0 saturated heterocycles. The summed E-state index contributed by atoms with van der Waals surface area (Å²) in [7, 11) is 1.64. The lowest BCUT2D eigenvalue weighted by Gasteiger charge is -2.23. The molecule has 0 bridgehead atoms. The van der Waals surface area contributed by atoms with Gasteiger partial charge in [-0.2, -0.15) is 4.98 Å². The first-order valence-electron chi connectivity index (χ1n) is 7.82. The highest BCUT2D eigenvalue weighted by Gasteiger charge is 2.25. The Labute approximate surface area is 170 Å². The minimum atomic E-state index is -0.438. The van der Waals surface area contributed by atoms with Crippen molar-refractivity contribution in [2.75, 3.05) is 7.05 Å². The quantitative estimate of drug-likeness (QED) is 0.617. The second-order valence-electron chi connectivity index (χ2n) is 5.86. The first-order chi connectivity index (χ1) is 12.8. The molecule has 3 aromatic rings. The van der Waals surface area contributed by atoms with E-state index in [0.29, 0.717) is 10.6 Å². The molecule has 0 aliphatic heterocycles. The fourth-order valence-corrected chi connectivity index (χ4v) is 3.03. The molecule has 3 rings (SSSR count). The smallest absolute Gasteiger partial charge is 0.316 e. The number of halogens is 3. The van der Waals surface area contributed by atoms with Gasteiger partial charge in [-0.1, -0.05) is 52.1 Å². The standard InChI is InChI=1S/C18H14Cl3N3O3/c1-9(10-3-5-12(19)6-4-10)24(2)18(26)17-22-16(23-27-17)11-7-13(20)15(25)14(21)8-11/h3-9,25H,1-2H3. The fraction of sp³-hybridized carbons (Fsp3) is 0.167. The van der Waals surface area contributed by atoms with Crippen LogP contribution in [0.5, 0.6) is 5.75 Å². The molecule has 27 heavy (non-hydrogen) atoms. The zero-order valence-corrected chi connectivity index (χ0v) is 16.5. The number of amides is 1. The molecule has 0 fully saturated rings. The van der Waals surface area contributed by atoms with Crippen molar-refractivity contribution in [1.29, 1.82) is 0 Å². The number of rotatable bonds is 4. The number of carbonyl (C=O) groups excluding carboxylic acids is 1.